The number of amides is 1. The van der Waals surface area contributed by atoms with Gasteiger partial charge in [0.05, 0.1) is 6.10 Å². The molecular formula is C15H23NO2S. The standard InChI is InChI=1S/C15H23NO2S/c17-13(14-6-3-11-19-14)9-10-16-15(18)8-7-12-4-1-2-5-12/h3,6,11-13,17H,1-2,4-5,7-10H2,(H,16,18). The molecule has 1 atom stereocenters. The fourth-order valence-electron chi connectivity index (χ4n) is 2.69. The second kappa shape index (κ2) is 7.65. The SMILES string of the molecule is O=C(CCC1CCCC1)NCCC(O)c1cccs1. The van der Waals surface area contributed by atoms with E-state index >= 15 is 0 Å². The van der Waals surface area contributed by atoms with E-state index in [0.717, 1.165) is 17.2 Å². The first-order valence-electron chi connectivity index (χ1n) is 7.24. The Balaban J connectivity index is 1.56. The van der Waals surface area contributed by atoms with E-state index in [1.807, 2.05) is 17.5 Å². The molecule has 1 aliphatic carbocycles. The van der Waals surface area contributed by atoms with Gasteiger partial charge in [0, 0.05) is 17.8 Å². The molecule has 1 aromatic heterocycles. The number of rotatable bonds is 7. The van der Waals surface area contributed by atoms with Crippen molar-refractivity contribution >= 4 is 17.2 Å². The zero-order chi connectivity index (χ0) is 13.5. The van der Waals surface area contributed by atoms with Gasteiger partial charge in [0.25, 0.3) is 0 Å². The highest BCUT2D eigenvalue weighted by atomic mass is 32.1. The molecule has 2 rings (SSSR count). The Hall–Kier alpha value is -0.870. The Morgan fingerprint density at radius 2 is 2.26 bits per heavy atom. The average Bonchev–Trinajstić information content (AvgIpc) is 3.09. The van der Waals surface area contributed by atoms with Crippen molar-refractivity contribution in [3.63, 3.8) is 0 Å². The van der Waals surface area contributed by atoms with Crippen LogP contribution in [0, 0.1) is 5.92 Å². The average molecular weight is 281 g/mol. The molecule has 1 aromatic rings. The normalized spacial score (nSPS) is 17.5. The van der Waals surface area contributed by atoms with Crippen molar-refractivity contribution in [1.82, 2.24) is 5.32 Å². The van der Waals surface area contributed by atoms with Crippen LogP contribution in [0.2, 0.25) is 0 Å². The maximum atomic E-state index is 11.7. The number of aliphatic hydroxyl groups excluding tert-OH is 1. The Morgan fingerprint density at radius 3 is 2.95 bits per heavy atom. The fourth-order valence-corrected chi connectivity index (χ4v) is 3.44. The van der Waals surface area contributed by atoms with Gasteiger partial charge in [-0.25, -0.2) is 0 Å². The highest BCUT2D eigenvalue weighted by Gasteiger charge is 2.16. The monoisotopic (exact) mass is 281 g/mol. The van der Waals surface area contributed by atoms with Crippen LogP contribution in [0.1, 0.15) is 55.9 Å². The van der Waals surface area contributed by atoms with Gasteiger partial charge < -0.3 is 10.4 Å². The third-order valence-corrected chi connectivity index (χ3v) is 4.84. The highest BCUT2D eigenvalue weighted by molar-refractivity contribution is 7.10. The second-order valence-electron chi connectivity index (χ2n) is 5.36. The lowest BCUT2D eigenvalue weighted by Crippen LogP contribution is -2.25. The van der Waals surface area contributed by atoms with Crippen LogP contribution in [-0.2, 0) is 4.79 Å². The van der Waals surface area contributed by atoms with Crippen LogP contribution < -0.4 is 5.32 Å². The van der Waals surface area contributed by atoms with E-state index in [0.29, 0.717) is 19.4 Å². The summed E-state index contributed by atoms with van der Waals surface area (Å²) < 4.78 is 0. The molecule has 0 radical (unpaired) electrons. The number of nitrogens with one attached hydrogen (secondary N) is 1. The molecule has 106 valence electrons. The molecule has 0 bridgehead atoms. The lowest BCUT2D eigenvalue weighted by molar-refractivity contribution is -0.121. The summed E-state index contributed by atoms with van der Waals surface area (Å²) in [6.45, 7) is 0.558. The van der Waals surface area contributed by atoms with E-state index < -0.39 is 6.10 Å². The molecule has 2 N–H and O–H groups in total. The highest BCUT2D eigenvalue weighted by Crippen LogP contribution is 2.28. The molecule has 4 heteroatoms. The molecule has 0 spiro atoms. The maximum Gasteiger partial charge on any atom is 0.220 e. The summed E-state index contributed by atoms with van der Waals surface area (Å²) >= 11 is 1.55. The first kappa shape index (κ1) is 14.5. The number of hydrogen-bond donors (Lipinski definition) is 2. The lowest BCUT2D eigenvalue weighted by atomic mass is 10.0. The zero-order valence-electron chi connectivity index (χ0n) is 11.3. The summed E-state index contributed by atoms with van der Waals surface area (Å²) in [5.74, 6) is 0.896. The van der Waals surface area contributed by atoms with Crippen LogP contribution in [0.15, 0.2) is 17.5 Å². The number of thiophene rings is 1. The van der Waals surface area contributed by atoms with Gasteiger partial charge in [-0.05, 0) is 30.2 Å². The molecule has 1 saturated carbocycles. The summed E-state index contributed by atoms with van der Waals surface area (Å²) in [5, 5.41) is 14.7. The van der Waals surface area contributed by atoms with Gasteiger partial charge in [-0.3, -0.25) is 4.79 Å². The number of carbonyl (C=O) groups is 1. The van der Waals surface area contributed by atoms with Crippen LogP contribution >= 0.6 is 11.3 Å². The van der Waals surface area contributed by atoms with Crippen molar-refractivity contribution in [3.8, 4) is 0 Å². The van der Waals surface area contributed by atoms with Gasteiger partial charge in [0.2, 0.25) is 5.91 Å². The van der Waals surface area contributed by atoms with Gasteiger partial charge in [0.1, 0.15) is 0 Å². The summed E-state index contributed by atoms with van der Waals surface area (Å²) in [6.07, 6.45) is 7.07. The van der Waals surface area contributed by atoms with Crippen molar-refractivity contribution in [2.45, 2.75) is 51.0 Å². The molecule has 1 amide bonds. The predicted molar refractivity (Wildman–Crippen MR) is 78.1 cm³/mol. The van der Waals surface area contributed by atoms with Crippen LogP contribution in [0.4, 0.5) is 0 Å². The van der Waals surface area contributed by atoms with Crippen LogP contribution in [0.3, 0.4) is 0 Å². The first-order chi connectivity index (χ1) is 9.25. The van der Waals surface area contributed by atoms with Gasteiger partial charge in [-0.1, -0.05) is 31.7 Å². The van der Waals surface area contributed by atoms with Crippen molar-refractivity contribution in [3.05, 3.63) is 22.4 Å². The quantitative estimate of drug-likeness (QED) is 0.806. The van der Waals surface area contributed by atoms with E-state index in [4.69, 9.17) is 0 Å². The summed E-state index contributed by atoms with van der Waals surface area (Å²) in [7, 11) is 0. The molecule has 19 heavy (non-hydrogen) atoms. The Bertz CT molecular complexity index is 372. The third-order valence-electron chi connectivity index (χ3n) is 3.87. The molecule has 1 fully saturated rings. The molecular weight excluding hydrogens is 258 g/mol. The van der Waals surface area contributed by atoms with E-state index in [2.05, 4.69) is 5.32 Å². The lowest BCUT2D eigenvalue weighted by Gasteiger charge is -2.11. The van der Waals surface area contributed by atoms with Gasteiger partial charge in [-0.15, -0.1) is 11.3 Å². The van der Waals surface area contributed by atoms with Gasteiger partial charge in [-0.2, -0.15) is 0 Å². The van der Waals surface area contributed by atoms with Crippen LogP contribution in [-0.4, -0.2) is 17.6 Å². The number of aliphatic hydroxyl groups is 1. The van der Waals surface area contributed by atoms with E-state index in [-0.39, 0.29) is 5.91 Å². The van der Waals surface area contributed by atoms with Gasteiger partial charge in [0.15, 0.2) is 0 Å². The molecule has 3 nitrogen and oxygen atoms in total. The minimum Gasteiger partial charge on any atom is -0.388 e. The van der Waals surface area contributed by atoms with E-state index in [1.165, 1.54) is 25.7 Å². The first-order valence-corrected chi connectivity index (χ1v) is 8.12. The zero-order valence-corrected chi connectivity index (χ0v) is 12.1. The molecule has 1 aliphatic rings. The second-order valence-corrected chi connectivity index (χ2v) is 6.34. The van der Waals surface area contributed by atoms with Crippen LogP contribution in [0.25, 0.3) is 0 Å². The largest absolute Gasteiger partial charge is 0.388 e. The number of carbonyl (C=O) groups excluding carboxylic acids is 1. The van der Waals surface area contributed by atoms with Crippen molar-refractivity contribution < 1.29 is 9.90 Å². The van der Waals surface area contributed by atoms with E-state index in [9.17, 15) is 9.90 Å². The van der Waals surface area contributed by atoms with Crippen molar-refractivity contribution in [2.24, 2.45) is 5.92 Å². The molecule has 0 aliphatic heterocycles. The van der Waals surface area contributed by atoms with Crippen molar-refractivity contribution in [2.75, 3.05) is 6.54 Å². The minimum absolute atomic E-state index is 0.130. The predicted octanol–water partition coefficient (Wildman–Crippen LogP) is 3.26. The third kappa shape index (κ3) is 4.96. The maximum absolute atomic E-state index is 11.7. The molecule has 1 heterocycles. The summed E-state index contributed by atoms with van der Waals surface area (Å²) in [4.78, 5) is 12.7. The fraction of sp³-hybridized carbons (Fsp3) is 0.667. The topological polar surface area (TPSA) is 49.3 Å². The Kier molecular flexibility index (Phi) is 5.86. The van der Waals surface area contributed by atoms with Gasteiger partial charge >= 0.3 is 0 Å². The molecule has 1 unspecified atom stereocenters. The minimum atomic E-state index is -0.449. The smallest absolute Gasteiger partial charge is 0.220 e. The summed E-state index contributed by atoms with van der Waals surface area (Å²) in [6, 6.07) is 3.86. The van der Waals surface area contributed by atoms with Crippen molar-refractivity contribution in [1.29, 1.82) is 0 Å². The number of hydrogen-bond acceptors (Lipinski definition) is 3. The molecule has 0 saturated heterocycles. The Morgan fingerprint density at radius 1 is 1.47 bits per heavy atom. The van der Waals surface area contributed by atoms with Crippen LogP contribution in [0.5, 0.6) is 0 Å². The van der Waals surface area contributed by atoms with E-state index in [1.54, 1.807) is 11.3 Å². The molecule has 0 aromatic carbocycles. The summed E-state index contributed by atoms with van der Waals surface area (Å²) in [5.41, 5.74) is 0. The Labute approximate surface area is 119 Å².